The van der Waals surface area contributed by atoms with Crippen molar-refractivity contribution in [1.29, 1.82) is 0 Å². The molecule has 0 atom stereocenters. The van der Waals surface area contributed by atoms with Gasteiger partial charge in [-0.1, -0.05) is 42.5 Å². The van der Waals surface area contributed by atoms with Gasteiger partial charge in [0.05, 0.1) is 5.56 Å². The van der Waals surface area contributed by atoms with Gasteiger partial charge in [-0.05, 0) is 28.8 Å². The normalized spacial score (nSPS) is 10.6. The standard InChI is InChI=1S/C16H13NO3/c17-15(18)10-9-11-5-1-2-6-12(11)13-7-3-4-8-14(13)16(19)20/h1-10H,(H2,17,18)(H,19,20)/b10-9+. The molecule has 2 aromatic carbocycles. The number of carboxylic acids is 1. The summed E-state index contributed by atoms with van der Waals surface area (Å²) >= 11 is 0. The molecule has 0 unspecified atom stereocenters. The molecular formula is C16H13NO3. The summed E-state index contributed by atoms with van der Waals surface area (Å²) in [5, 5.41) is 9.24. The molecular weight excluding hydrogens is 254 g/mol. The maximum Gasteiger partial charge on any atom is 0.336 e. The van der Waals surface area contributed by atoms with Crippen molar-refractivity contribution in [3.63, 3.8) is 0 Å². The van der Waals surface area contributed by atoms with Crippen LogP contribution in [0.1, 0.15) is 15.9 Å². The average Bonchev–Trinajstić information content (AvgIpc) is 2.45. The van der Waals surface area contributed by atoms with Crippen LogP contribution in [0, 0.1) is 0 Å². The maximum atomic E-state index is 11.3. The van der Waals surface area contributed by atoms with Gasteiger partial charge in [0.2, 0.25) is 5.91 Å². The predicted molar refractivity (Wildman–Crippen MR) is 77.1 cm³/mol. The minimum atomic E-state index is -0.991. The van der Waals surface area contributed by atoms with Crippen molar-refractivity contribution in [2.24, 2.45) is 5.73 Å². The SMILES string of the molecule is NC(=O)/C=C/c1ccccc1-c1ccccc1C(=O)O. The third-order valence-electron chi connectivity index (χ3n) is 2.84. The van der Waals surface area contributed by atoms with Gasteiger partial charge in [-0.3, -0.25) is 4.79 Å². The van der Waals surface area contributed by atoms with Crippen LogP contribution < -0.4 is 5.73 Å². The third kappa shape index (κ3) is 2.92. The number of benzene rings is 2. The van der Waals surface area contributed by atoms with Crippen molar-refractivity contribution in [3.05, 3.63) is 65.7 Å². The molecule has 0 radical (unpaired) electrons. The van der Waals surface area contributed by atoms with Gasteiger partial charge in [-0.25, -0.2) is 4.79 Å². The minimum Gasteiger partial charge on any atom is -0.478 e. The summed E-state index contributed by atoms with van der Waals surface area (Å²) in [5.74, 6) is -1.54. The lowest BCUT2D eigenvalue weighted by Gasteiger charge is -2.09. The minimum absolute atomic E-state index is 0.215. The van der Waals surface area contributed by atoms with Crippen molar-refractivity contribution >= 4 is 18.0 Å². The van der Waals surface area contributed by atoms with Gasteiger partial charge in [0.25, 0.3) is 0 Å². The molecule has 2 aromatic rings. The molecule has 3 N–H and O–H groups in total. The van der Waals surface area contributed by atoms with Gasteiger partial charge in [0.1, 0.15) is 0 Å². The summed E-state index contributed by atoms with van der Waals surface area (Å²) in [4.78, 5) is 22.1. The number of primary amides is 1. The van der Waals surface area contributed by atoms with E-state index in [2.05, 4.69) is 0 Å². The number of carbonyl (C=O) groups is 2. The zero-order valence-corrected chi connectivity index (χ0v) is 10.6. The van der Waals surface area contributed by atoms with Gasteiger partial charge in [0.15, 0.2) is 0 Å². The fourth-order valence-corrected chi connectivity index (χ4v) is 1.96. The van der Waals surface area contributed by atoms with E-state index in [1.165, 1.54) is 6.08 Å². The summed E-state index contributed by atoms with van der Waals surface area (Å²) in [6.07, 6.45) is 2.83. The van der Waals surface area contributed by atoms with Crippen LogP contribution in [0.4, 0.5) is 0 Å². The molecule has 0 saturated carbocycles. The van der Waals surface area contributed by atoms with E-state index in [1.54, 1.807) is 36.4 Å². The van der Waals surface area contributed by atoms with E-state index in [4.69, 9.17) is 5.73 Å². The lowest BCUT2D eigenvalue weighted by atomic mass is 9.95. The Morgan fingerprint density at radius 3 is 2.20 bits per heavy atom. The smallest absolute Gasteiger partial charge is 0.336 e. The van der Waals surface area contributed by atoms with Crippen LogP contribution >= 0.6 is 0 Å². The van der Waals surface area contributed by atoms with Gasteiger partial charge in [-0.15, -0.1) is 0 Å². The molecule has 2 rings (SSSR count). The Hall–Kier alpha value is -2.88. The molecule has 0 saturated heterocycles. The predicted octanol–water partition coefficient (Wildman–Crippen LogP) is 2.55. The molecule has 0 bridgehead atoms. The summed E-state index contributed by atoms with van der Waals surface area (Å²) in [6, 6.07) is 14.0. The average molecular weight is 267 g/mol. The van der Waals surface area contributed by atoms with Crippen LogP contribution in [-0.4, -0.2) is 17.0 Å². The number of rotatable bonds is 4. The van der Waals surface area contributed by atoms with E-state index >= 15 is 0 Å². The molecule has 20 heavy (non-hydrogen) atoms. The molecule has 0 aliphatic carbocycles. The van der Waals surface area contributed by atoms with E-state index in [1.807, 2.05) is 18.2 Å². The topological polar surface area (TPSA) is 80.4 Å². The Bertz CT molecular complexity index is 690. The Kier molecular flexibility index (Phi) is 3.96. The number of amides is 1. The van der Waals surface area contributed by atoms with E-state index in [0.717, 1.165) is 11.1 Å². The molecule has 0 aliphatic heterocycles. The monoisotopic (exact) mass is 267 g/mol. The summed E-state index contributed by atoms with van der Waals surface area (Å²) in [5.41, 5.74) is 7.38. The van der Waals surface area contributed by atoms with Gasteiger partial charge in [0, 0.05) is 6.08 Å². The summed E-state index contributed by atoms with van der Waals surface area (Å²) in [6.45, 7) is 0. The highest BCUT2D eigenvalue weighted by atomic mass is 16.4. The highest BCUT2D eigenvalue weighted by Crippen LogP contribution is 2.28. The van der Waals surface area contributed by atoms with Gasteiger partial charge < -0.3 is 10.8 Å². The molecule has 0 aliphatic rings. The van der Waals surface area contributed by atoms with Crippen LogP contribution in [0.5, 0.6) is 0 Å². The fraction of sp³-hybridized carbons (Fsp3) is 0. The fourth-order valence-electron chi connectivity index (χ4n) is 1.96. The second-order valence-corrected chi connectivity index (χ2v) is 4.17. The number of nitrogens with two attached hydrogens (primary N) is 1. The van der Waals surface area contributed by atoms with Crippen molar-refractivity contribution in [1.82, 2.24) is 0 Å². The van der Waals surface area contributed by atoms with E-state index < -0.39 is 11.9 Å². The van der Waals surface area contributed by atoms with Crippen LogP contribution in [0.25, 0.3) is 17.2 Å². The molecule has 0 heterocycles. The zero-order valence-electron chi connectivity index (χ0n) is 10.6. The molecule has 100 valence electrons. The Morgan fingerprint density at radius 1 is 0.950 bits per heavy atom. The molecule has 0 spiro atoms. The van der Waals surface area contributed by atoms with Crippen molar-refractivity contribution in [3.8, 4) is 11.1 Å². The van der Waals surface area contributed by atoms with E-state index in [9.17, 15) is 14.7 Å². The Labute approximate surface area is 116 Å². The number of carboxylic acid groups (broad SMARTS) is 1. The zero-order chi connectivity index (χ0) is 14.5. The number of hydrogen-bond acceptors (Lipinski definition) is 2. The quantitative estimate of drug-likeness (QED) is 0.835. The first-order valence-electron chi connectivity index (χ1n) is 5.99. The van der Waals surface area contributed by atoms with Crippen molar-refractivity contribution in [2.45, 2.75) is 0 Å². The summed E-state index contributed by atoms with van der Waals surface area (Å²) < 4.78 is 0. The van der Waals surface area contributed by atoms with E-state index in [0.29, 0.717) is 5.56 Å². The second kappa shape index (κ2) is 5.84. The summed E-state index contributed by atoms with van der Waals surface area (Å²) in [7, 11) is 0. The molecule has 4 nitrogen and oxygen atoms in total. The van der Waals surface area contributed by atoms with Gasteiger partial charge in [-0.2, -0.15) is 0 Å². The number of carbonyl (C=O) groups excluding carboxylic acids is 1. The maximum absolute atomic E-state index is 11.3. The lowest BCUT2D eigenvalue weighted by Crippen LogP contribution is -2.05. The van der Waals surface area contributed by atoms with Crippen LogP contribution in [0.3, 0.4) is 0 Å². The highest BCUT2D eigenvalue weighted by molar-refractivity contribution is 5.98. The Morgan fingerprint density at radius 2 is 1.55 bits per heavy atom. The molecule has 0 fully saturated rings. The lowest BCUT2D eigenvalue weighted by molar-refractivity contribution is -0.113. The van der Waals surface area contributed by atoms with Gasteiger partial charge >= 0.3 is 5.97 Å². The van der Waals surface area contributed by atoms with Crippen LogP contribution in [0.2, 0.25) is 0 Å². The molecule has 0 aromatic heterocycles. The third-order valence-corrected chi connectivity index (χ3v) is 2.84. The first-order valence-corrected chi connectivity index (χ1v) is 5.99. The van der Waals surface area contributed by atoms with Crippen molar-refractivity contribution in [2.75, 3.05) is 0 Å². The van der Waals surface area contributed by atoms with Crippen LogP contribution in [-0.2, 0) is 4.79 Å². The second-order valence-electron chi connectivity index (χ2n) is 4.17. The highest BCUT2D eigenvalue weighted by Gasteiger charge is 2.12. The largest absolute Gasteiger partial charge is 0.478 e. The first-order chi connectivity index (χ1) is 9.59. The van der Waals surface area contributed by atoms with E-state index in [-0.39, 0.29) is 5.56 Å². The molecule has 4 heteroatoms. The Balaban J connectivity index is 2.59. The number of aromatic carboxylic acids is 1. The van der Waals surface area contributed by atoms with Crippen LogP contribution in [0.15, 0.2) is 54.6 Å². The first kappa shape index (κ1) is 13.5. The van der Waals surface area contributed by atoms with Crippen molar-refractivity contribution < 1.29 is 14.7 Å². The molecule has 1 amide bonds. The number of hydrogen-bond donors (Lipinski definition) is 2.